The van der Waals surface area contributed by atoms with Crippen LogP contribution in [-0.4, -0.2) is 25.7 Å². The quantitative estimate of drug-likeness (QED) is 0.644. The van der Waals surface area contributed by atoms with Crippen LogP contribution in [0.2, 0.25) is 0 Å². The number of carbonyl (C=O) groups excluding carboxylic acids is 1. The highest BCUT2D eigenvalue weighted by atomic mass is 16.6. The number of phenolic OH excluding ortho intramolecular Hbond substituents is 1. The summed E-state index contributed by atoms with van der Waals surface area (Å²) in [6.45, 7) is 1.91. The largest absolute Gasteiger partial charge is 0.508 e. The molecule has 0 aliphatic rings. The highest BCUT2D eigenvalue weighted by Gasteiger charge is 2.16. The molecule has 0 spiro atoms. The third kappa shape index (κ3) is 3.78. The number of hydrogen-bond acceptors (Lipinski definition) is 5. The van der Waals surface area contributed by atoms with E-state index >= 15 is 0 Å². The van der Waals surface area contributed by atoms with Crippen molar-refractivity contribution in [2.75, 3.05) is 5.32 Å². The Bertz CT molecular complexity index is 668. The zero-order chi connectivity index (χ0) is 15.4. The van der Waals surface area contributed by atoms with Crippen molar-refractivity contribution in [3.05, 3.63) is 46.8 Å². The predicted molar refractivity (Wildman–Crippen MR) is 74.8 cm³/mol. The average molecular weight is 290 g/mol. The fraction of sp³-hybridized carbons (Fsp3) is 0.231. The SMILES string of the molecule is CC(Cn1cc([N+](=O)[O-])cn1)C(=O)Nc1cccc(O)c1. The lowest BCUT2D eigenvalue weighted by atomic mass is 10.1. The molecule has 1 atom stereocenters. The first-order chi connectivity index (χ1) is 9.95. The van der Waals surface area contributed by atoms with Crippen LogP contribution in [0.5, 0.6) is 5.75 Å². The first kappa shape index (κ1) is 14.5. The lowest BCUT2D eigenvalue weighted by molar-refractivity contribution is -0.385. The minimum atomic E-state index is -0.541. The van der Waals surface area contributed by atoms with E-state index in [1.807, 2.05) is 0 Å². The topological polar surface area (TPSA) is 110 Å². The van der Waals surface area contributed by atoms with Crippen molar-refractivity contribution in [3.8, 4) is 5.75 Å². The maximum absolute atomic E-state index is 12.0. The smallest absolute Gasteiger partial charge is 0.306 e. The molecule has 1 aromatic carbocycles. The molecule has 1 heterocycles. The number of rotatable bonds is 5. The normalized spacial score (nSPS) is 11.9. The highest BCUT2D eigenvalue weighted by Crippen LogP contribution is 2.17. The monoisotopic (exact) mass is 290 g/mol. The van der Waals surface area contributed by atoms with Gasteiger partial charge in [-0.15, -0.1) is 0 Å². The standard InChI is InChI=1S/C13H14N4O4/c1-9(7-16-8-11(6-14-16)17(20)21)13(19)15-10-3-2-4-12(18)5-10/h2-6,8-9,18H,7H2,1H3,(H,15,19). The van der Waals surface area contributed by atoms with E-state index in [0.717, 1.165) is 6.20 Å². The molecule has 0 radical (unpaired) electrons. The van der Waals surface area contributed by atoms with Crippen LogP contribution in [0.3, 0.4) is 0 Å². The van der Waals surface area contributed by atoms with Crippen LogP contribution < -0.4 is 5.32 Å². The Balaban J connectivity index is 1.97. The lowest BCUT2D eigenvalue weighted by Crippen LogP contribution is -2.24. The number of aromatic hydroxyl groups is 1. The Morgan fingerprint density at radius 2 is 2.33 bits per heavy atom. The predicted octanol–water partition coefficient (Wildman–Crippen LogP) is 1.77. The van der Waals surface area contributed by atoms with E-state index in [4.69, 9.17) is 0 Å². The van der Waals surface area contributed by atoms with Crippen molar-refractivity contribution in [2.45, 2.75) is 13.5 Å². The molecule has 0 bridgehead atoms. The van der Waals surface area contributed by atoms with E-state index in [0.29, 0.717) is 5.69 Å². The molecule has 0 fully saturated rings. The molecule has 2 rings (SSSR count). The summed E-state index contributed by atoms with van der Waals surface area (Å²) in [5.41, 5.74) is 0.369. The molecule has 2 aromatic rings. The second-order valence-corrected chi connectivity index (χ2v) is 4.62. The van der Waals surface area contributed by atoms with Gasteiger partial charge in [-0.2, -0.15) is 5.10 Å². The fourth-order valence-electron chi connectivity index (χ4n) is 1.76. The van der Waals surface area contributed by atoms with Crippen LogP contribution in [0, 0.1) is 16.0 Å². The van der Waals surface area contributed by atoms with Crippen molar-refractivity contribution in [1.29, 1.82) is 0 Å². The summed E-state index contributed by atoms with van der Waals surface area (Å²) in [6, 6.07) is 6.21. The summed E-state index contributed by atoms with van der Waals surface area (Å²) in [4.78, 5) is 22.0. The van der Waals surface area contributed by atoms with Crippen molar-refractivity contribution in [3.63, 3.8) is 0 Å². The number of amides is 1. The van der Waals surface area contributed by atoms with E-state index in [-0.39, 0.29) is 23.9 Å². The van der Waals surface area contributed by atoms with Crippen LogP contribution in [0.25, 0.3) is 0 Å². The first-order valence-electron chi connectivity index (χ1n) is 6.22. The van der Waals surface area contributed by atoms with Crippen LogP contribution in [-0.2, 0) is 11.3 Å². The van der Waals surface area contributed by atoms with Crippen LogP contribution in [0.15, 0.2) is 36.7 Å². The maximum Gasteiger partial charge on any atom is 0.306 e. The minimum Gasteiger partial charge on any atom is -0.508 e. The van der Waals surface area contributed by atoms with Gasteiger partial charge in [0.2, 0.25) is 5.91 Å². The molecule has 110 valence electrons. The molecule has 0 aliphatic carbocycles. The van der Waals surface area contributed by atoms with Crippen molar-refractivity contribution >= 4 is 17.3 Å². The van der Waals surface area contributed by atoms with Gasteiger partial charge in [-0.3, -0.25) is 19.6 Å². The molecular weight excluding hydrogens is 276 g/mol. The first-order valence-corrected chi connectivity index (χ1v) is 6.22. The van der Waals surface area contributed by atoms with Crippen LogP contribution in [0.4, 0.5) is 11.4 Å². The van der Waals surface area contributed by atoms with Crippen LogP contribution in [0.1, 0.15) is 6.92 Å². The van der Waals surface area contributed by atoms with E-state index in [9.17, 15) is 20.0 Å². The molecule has 1 aromatic heterocycles. The fourth-order valence-corrected chi connectivity index (χ4v) is 1.76. The third-order valence-electron chi connectivity index (χ3n) is 2.85. The molecule has 0 saturated heterocycles. The van der Waals surface area contributed by atoms with Gasteiger partial charge in [0.05, 0.1) is 17.4 Å². The van der Waals surface area contributed by atoms with E-state index < -0.39 is 10.8 Å². The van der Waals surface area contributed by atoms with Gasteiger partial charge in [0.25, 0.3) is 0 Å². The lowest BCUT2D eigenvalue weighted by Gasteiger charge is -2.12. The van der Waals surface area contributed by atoms with Gasteiger partial charge in [-0.1, -0.05) is 13.0 Å². The number of hydrogen-bond donors (Lipinski definition) is 2. The van der Waals surface area contributed by atoms with Crippen molar-refractivity contribution < 1.29 is 14.8 Å². The summed E-state index contributed by atoms with van der Waals surface area (Å²) < 4.78 is 1.35. The summed E-state index contributed by atoms with van der Waals surface area (Å²) in [7, 11) is 0. The Hall–Kier alpha value is -2.90. The number of aromatic nitrogens is 2. The van der Waals surface area contributed by atoms with Gasteiger partial charge in [0.15, 0.2) is 0 Å². The van der Waals surface area contributed by atoms with Gasteiger partial charge in [-0.05, 0) is 12.1 Å². The zero-order valence-electron chi connectivity index (χ0n) is 11.3. The Morgan fingerprint density at radius 3 is 2.95 bits per heavy atom. The second kappa shape index (κ2) is 6.04. The van der Waals surface area contributed by atoms with Gasteiger partial charge in [0.1, 0.15) is 18.1 Å². The number of benzene rings is 1. The number of nitro groups is 1. The number of carbonyl (C=O) groups is 1. The number of nitrogens with zero attached hydrogens (tertiary/aromatic N) is 3. The van der Waals surface area contributed by atoms with Crippen molar-refractivity contribution in [2.24, 2.45) is 5.92 Å². The van der Waals surface area contributed by atoms with E-state index in [1.54, 1.807) is 19.1 Å². The van der Waals surface area contributed by atoms with Gasteiger partial charge < -0.3 is 10.4 Å². The summed E-state index contributed by atoms with van der Waals surface area (Å²) in [5, 5.41) is 26.4. The third-order valence-corrected chi connectivity index (χ3v) is 2.85. The Morgan fingerprint density at radius 1 is 1.57 bits per heavy atom. The maximum atomic E-state index is 12.0. The number of phenols is 1. The zero-order valence-corrected chi connectivity index (χ0v) is 11.3. The summed E-state index contributed by atoms with van der Waals surface area (Å²) in [5.74, 6) is -0.645. The molecule has 1 unspecified atom stereocenters. The summed E-state index contributed by atoms with van der Waals surface area (Å²) in [6.07, 6.45) is 2.41. The average Bonchev–Trinajstić information content (AvgIpc) is 2.87. The second-order valence-electron chi connectivity index (χ2n) is 4.62. The highest BCUT2D eigenvalue weighted by molar-refractivity contribution is 5.92. The van der Waals surface area contributed by atoms with E-state index in [1.165, 1.54) is 23.0 Å². The summed E-state index contributed by atoms with van der Waals surface area (Å²) >= 11 is 0. The van der Waals surface area contributed by atoms with Gasteiger partial charge in [-0.25, -0.2) is 0 Å². The molecule has 1 amide bonds. The molecule has 8 nitrogen and oxygen atoms in total. The van der Waals surface area contributed by atoms with Gasteiger partial charge >= 0.3 is 5.69 Å². The molecule has 0 saturated carbocycles. The van der Waals surface area contributed by atoms with Gasteiger partial charge in [0, 0.05) is 11.8 Å². The van der Waals surface area contributed by atoms with E-state index in [2.05, 4.69) is 10.4 Å². The number of anilines is 1. The Labute approximate surface area is 120 Å². The molecule has 2 N–H and O–H groups in total. The molecule has 21 heavy (non-hydrogen) atoms. The van der Waals surface area contributed by atoms with Crippen molar-refractivity contribution in [1.82, 2.24) is 9.78 Å². The van der Waals surface area contributed by atoms with Crippen LogP contribution >= 0.6 is 0 Å². The molecular formula is C13H14N4O4. The molecule has 8 heteroatoms. The Kier molecular flexibility index (Phi) is 4.17. The minimum absolute atomic E-state index is 0.0585. The number of nitrogens with one attached hydrogen (secondary N) is 1. The molecule has 0 aliphatic heterocycles.